The third-order valence-electron chi connectivity index (χ3n) is 2.47. The molecule has 0 aromatic heterocycles. The van der Waals surface area contributed by atoms with Crippen molar-refractivity contribution in [3.8, 4) is 0 Å². The highest BCUT2D eigenvalue weighted by Gasteiger charge is 2.26. The fraction of sp³-hybridized carbons (Fsp3) is 0.889. The summed E-state index contributed by atoms with van der Waals surface area (Å²) in [5, 5.41) is 0. The number of nitrogens with zero attached hydrogens (tertiary/aromatic N) is 2. The number of likely N-dealkylation sites (N-methyl/N-ethyl adjacent to an activating group) is 2. The molecule has 0 aromatic carbocycles. The highest BCUT2D eigenvalue weighted by atomic mass is 16.6. The lowest BCUT2D eigenvalue weighted by molar-refractivity contribution is 0.103. The number of carbonyl (C=O) groups is 1. The van der Waals surface area contributed by atoms with Crippen LogP contribution in [0, 0.1) is 0 Å². The van der Waals surface area contributed by atoms with Gasteiger partial charge in [0.15, 0.2) is 0 Å². The van der Waals surface area contributed by atoms with Gasteiger partial charge < -0.3 is 14.5 Å². The Hall–Kier alpha value is -0.770. The van der Waals surface area contributed by atoms with Gasteiger partial charge in [0.25, 0.3) is 0 Å². The minimum atomic E-state index is -0.206. The van der Waals surface area contributed by atoms with Crippen molar-refractivity contribution in [2.75, 3.05) is 33.8 Å². The van der Waals surface area contributed by atoms with Crippen LogP contribution in [0.2, 0.25) is 0 Å². The van der Waals surface area contributed by atoms with Gasteiger partial charge in [-0.1, -0.05) is 0 Å². The molecule has 0 aliphatic carbocycles. The molecule has 4 nitrogen and oxygen atoms in total. The third kappa shape index (κ3) is 2.59. The van der Waals surface area contributed by atoms with Crippen molar-refractivity contribution < 1.29 is 9.53 Å². The van der Waals surface area contributed by atoms with E-state index < -0.39 is 0 Å². The van der Waals surface area contributed by atoms with Crippen molar-refractivity contribution >= 4 is 6.09 Å². The molecule has 1 unspecified atom stereocenters. The largest absolute Gasteiger partial charge is 0.450 e. The Morgan fingerprint density at radius 3 is 2.85 bits per heavy atom. The highest BCUT2D eigenvalue weighted by Crippen LogP contribution is 2.12. The molecule has 1 atom stereocenters. The van der Waals surface area contributed by atoms with Gasteiger partial charge in [-0.15, -0.1) is 0 Å². The van der Waals surface area contributed by atoms with E-state index in [1.807, 2.05) is 14.0 Å². The molecule has 1 amide bonds. The van der Waals surface area contributed by atoms with Gasteiger partial charge in [0.05, 0.1) is 6.61 Å². The zero-order valence-corrected chi connectivity index (χ0v) is 8.62. The molecule has 0 bridgehead atoms. The molecule has 0 spiro atoms. The molecule has 0 N–H and O–H groups in total. The van der Waals surface area contributed by atoms with Crippen LogP contribution in [-0.2, 0) is 4.74 Å². The molecule has 4 heteroatoms. The highest BCUT2D eigenvalue weighted by molar-refractivity contribution is 5.67. The van der Waals surface area contributed by atoms with Crippen LogP contribution in [0.1, 0.15) is 13.3 Å². The second-order valence-electron chi connectivity index (χ2n) is 3.51. The third-order valence-corrected chi connectivity index (χ3v) is 2.47. The minimum absolute atomic E-state index is 0.206. The summed E-state index contributed by atoms with van der Waals surface area (Å²) in [5.41, 5.74) is 0. The molecule has 1 aliphatic heterocycles. The summed E-state index contributed by atoms with van der Waals surface area (Å²) < 4.78 is 4.92. The summed E-state index contributed by atoms with van der Waals surface area (Å²) in [5.74, 6) is 0. The molecule has 1 fully saturated rings. The topological polar surface area (TPSA) is 32.8 Å². The van der Waals surface area contributed by atoms with Gasteiger partial charge >= 0.3 is 6.09 Å². The van der Waals surface area contributed by atoms with Crippen LogP contribution in [0.25, 0.3) is 0 Å². The minimum Gasteiger partial charge on any atom is -0.450 e. The van der Waals surface area contributed by atoms with Gasteiger partial charge in [-0.25, -0.2) is 4.79 Å². The van der Waals surface area contributed by atoms with E-state index in [9.17, 15) is 4.79 Å². The van der Waals surface area contributed by atoms with E-state index in [-0.39, 0.29) is 6.09 Å². The smallest absolute Gasteiger partial charge is 0.409 e. The van der Waals surface area contributed by atoms with Crippen LogP contribution in [0.5, 0.6) is 0 Å². The summed E-state index contributed by atoms with van der Waals surface area (Å²) in [4.78, 5) is 15.2. The van der Waals surface area contributed by atoms with Crippen molar-refractivity contribution in [1.29, 1.82) is 0 Å². The maximum Gasteiger partial charge on any atom is 0.409 e. The Bertz CT molecular complexity index is 184. The summed E-state index contributed by atoms with van der Waals surface area (Å²) in [7, 11) is 3.88. The molecular formula is C9H18N2O2. The SMILES string of the molecule is CCOC(=O)N(C)C1CCN(C)C1. The number of ether oxygens (including phenoxy) is 1. The molecule has 76 valence electrons. The second-order valence-corrected chi connectivity index (χ2v) is 3.51. The van der Waals surface area contributed by atoms with Crippen molar-refractivity contribution in [2.45, 2.75) is 19.4 Å². The average Bonchev–Trinajstić information content (AvgIpc) is 2.51. The second kappa shape index (κ2) is 4.46. The van der Waals surface area contributed by atoms with Crippen molar-refractivity contribution in [2.24, 2.45) is 0 Å². The first-order valence-electron chi connectivity index (χ1n) is 4.73. The fourth-order valence-corrected chi connectivity index (χ4v) is 1.60. The van der Waals surface area contributed by atoms with Gasteiger partial charge in [0, 0.05) is 19.6 Å². The molecule has 13 heavy (non-hydrogen) atoms. The van der Waals surface area contributed by atoms with Crippen molar-refractivity contribution in [1.82, 2.24) is 9.80 Å². The number of likely N-dealkylation sites (tertiary alicyclic amines) is 1. The first-order valence-corrected chi connectivity index (χ1v) is 4.73. The lowest BCUT2D eigenvalue weighted by atomic mass is 10.2. The van der Waals surface area contributed by atoms with E-state index in [4.69, 9.17) is 4.74 Å². The number of rotatable bonds is 2. The molecule has 1 rings (SSSR count). The van der Waals surface area contributed by atoms with Gasteiger partial charge in [-0.2, -0.15) is 0 Å². The van der Waals surface area contributed by atoms with E-state index in [2.05, 4.69) is 11.9 Å². The van der Waals surface area contributed by atoms with Crippen LogP contribution >= 0.6 is 0 Å². The summed E-state index contributed by atoms with van der Waals surface area (Å²) in [6, 6.07) is 0.323. The van der Waals surface area contributed by atoms with E-state index in [1.165, 1.54) is 0 Å². The van der Waals surface area contributed by atoms with E-state index in [0.717, 1.165) is 19.5 Å². The Balaban J connectivity index is 2.38. The normalized spacial score (nSPS) is 23.2. The Morgan fingerprint density at radius 1 is 1.69 bits per heavy atom. The first-order chi connectivity index (χ1) is 6.15. The quantitative estimate of drug-likeness (QED) is 0.639. The summed E-state index contributed by atoms with van der Waals surface area (Å²) in [6.45, 7) is 4.29. The van der Waals surface area contributed by atoms with E-state index in [0.29, 0.717) is 12.6 Å². The molecule has 0 aromatic rings. The number of hydrogen-bond acceptors (Lipinski definition) is 3. The Morgan fingerprint density at radius 2 is 2.38 bits per heavy atom. The molecule has 1 saturated heterocycles. The predicted molar refractivity (Wildman–Crippen MR) is 50.7 cm³/mol. The molecular weight excluding hydrogens is 168 g/mol. The molecule has 1 heterocycles. The van der Waals surface area contributed by atoms with Gasteiger partial charge in [0.1, 0.15) is 0 Å². The van der Waals surface area contributed by atoms with Crippen LogP contribution in [0.15, 0.2) is 0 Å². The summed E-state index contributed by atoms with van der Waals surface area (Å²) >= 11 is 0. The fourth-order valence-electron chi connectivity index (χ4n) is 1.60. The van der Waals surface area contributed by atoms with Crippen LogP contribution in [0.4, 0.5) is 4.79 Å². The maximum atomic E-state index is 11.3. The zero-order chi connectivity index (χ0) is 9.84. The standard InChI is InChI=1S/C9H18N2O2/c1-4-13-9(12)11(3)8-5-6-10(2)7-8/h8H,4-7H2,1-3H3. The van der Waals surface area contributed by atoms with Crippen LogP contribution < -0.4 is 0 Å². The van der Waals surface area contributed by atoms with Gasteiger partial charge in [0.2, 0.25) is 0 Å². The predicted octanol–water partition coefficient (Wildman–Crippen LogP) is 0.779. The van der Waals surface area contributed by atoms with Crippen LogP contribution in [-0.4, -0.2) is 55.7 Å². The Kier molecular flexibility index (Phi) is 3.54. The molecule has 0 saturated carbocycles. The number of carbonyl (C=O) groups excluding carboxylic acids is 1. The summed E-state index contributed by atoms with van der Waals surface area (Å²) in [6.07, 6.45) is 0.842. The lowest BCUT2D eigenvalue weighted by Crippen LogP contribution is -2.38. The zero-order valence-electron chi connectivity index (χ0n) is 8.62. The first kappa shape index (κ1) is 10.3. The lowest BCUT2D eigenvalue weighted by Gasteiger charge is -2.23. The Labute approximate surface area is 79.4 Å². The van der Waals surface area contributed by atoms with Gasteiger partial charge in [-0.3, -0.25) is 0 Å². The molecule has 1 aliphatic rings. The van der Waals surface area contributed by atoms with Crippen molar-refractivity contribution in [3.63, 3.8) is 0 Å². The van der Waals surface area contributed by atoms with Gasteiger partial charge in [-0.05, 0) is 26.9 Å². The maximum absolute atomic E-state index is 11.3. The van der Waals surface area contributed by atoms with E-state index >= 15 is 0 Å². The van der Waals surface area contributed by atoms with E-state index in [1.54, 1.807) is 4.90 Å². The average molecular weight is 186 g/mol. The molecule has 0 radical (unpaired) electrons. The monoisotopic (exact) mass is 186 g/mol. The number of amides is 1. The van der Waals surface area contributed by atoms with Crippen LogP contribution in [0.3, 0.4) is 0 Å². The number of hydrogen-bond donors (Lipinski definition) is 0. The van der Waals surface area contributed by atoms with Crippen molar-refractivity contribution in [3.05, 3.63) is 0 Å².